The summed E-state index contributed by atoms with van der Waals surface area (Å²) in [5.41, 5.74) is 1.31. The van der Waals surface area contributed by atoms with Gasteiger partial charge < -0.3 is 10.2 Å². The first-order valence-corrected chi connectivity index (χ1v) is 7.07. The minimum Gasteiger partial charge on any atom is -0.309 e. The first kappa shape index (κ1) is 13.1. The van der Waals surface area contributed by atoms with Gasteiger partial charge in [0.1, 0.15) is 0 Å². The van der Waals surface area contributed by atoms with Crippen molar-refractivity contribution in [3.63, 3.8) is 0 Å². The molecule has 0 amide bonds. The van der Waals surface area contributed by atoms with Crippen molar-refractivity contribution in [2.75, 3.05) is 27.2 Å². The predicted molar refractivity (Wildman–Crippen MR) is 73.1 cm³/mol. The number of hydrogen-bond donors (Lipinski definition) is 1. The van der Waals surface area contributed by atoms with Crippen LogP contribution in [-0.4, -0.2) is 41.9 Å². The summed E-state index contributed by atoms with van der Waals surface area (Å²) in [6.45, 7) is 3.09. The Labute approximate surface area is 111 Å². The summed E-state index contributed by atoms with van der Waals surface area (Å²) in [5.74, 6) is 0. The normalized spacial score (nSPS) is 21.1. The van der Waals surface area contributed by atoms with E-state index in [0.717, 1.165) is 24.1 Å². The number of rotatable bonds is 4. The van der Waals surface area contributed by atoms with Crippen LogP contribution in [0.4, 0.5) is 0 Å². The molecule has 17 heavy (non-hydrogen) atoms. The molecule has 2 heterocycles. The van der Waals surface area contributed by atoms with E-state index in [4.69, 9.17) is 0 Å². The second-order valence-corrected chi connectivity index (χ2v) is 5.76. The largest absolute Gasteiger partial charge is 0.309 e. The van der Waals surface area contributed by atoms with Crippen molar-refractivity contribution in [1.82, 2.24) is 20.0 Å². The molecular formula is C12H21BrN4. The lowest BCUT2D eigenvalue weighted by Crippen LogP contribution is -2.30. The van der Waals surface area contributed by atoms with Crippen LogP contribution in [0.3, 0.4) is 0 Å². The van der Waals surface area contributed by atoms with Crippen LogP contribution in [0.25, 0.3) is 0 Å². The van der Waals surface area contributed by atoms with Crippen molar-refractivity contribution in [3.8, 4) is 0 Å². The highest BCUT2D eigenvalue weighted by Gasteiger charge is 2.21. The quantitative estimate of drug-likeness (QED) is 0.923. The van der Waals surface area contributed by atoms with Crippen molar-refractivity contribution in [1.29, 1.82) is 0 Å². The Balaban J connectivity index is 2.10. The van der Waals surface area contributed by atoms with E-state index < -0.39 is 0 Å². The highest BCUT2D eigenvalue weighted by atomic mass is 79.9. The van der Waals surface area contributed by atoms with E-state index in [2.05, 4.69) is 50.0 Å². The Morgan fingerprint density at radius 1 is 1.53 bits per heavy atom. The molecule has 4 nitrogen and oxygen atoms in total. The SMILES string of the molecule is CN(C)CCn1ncc(Br)c1C1CCCCN1. The fourth-order valence-corrected chi connectivity index (χ4v) is 2.85. The molecule has 0 aliphatic carbocycles. The van der Waals surface area contributed by atoms with Crippen molar-refractivity contribution in [3.05, 3.63) is 16.4 Å². The van der Waals surface area contributed by atoms with E-state index in [9.17, 15) is 0 Å². The molecular weight excluding hydrogens is 280 g/mol. The molecule has 5 heteroatoms. The van der Waals surface area contributed by atoms with E-state index in [1.54, 1.807) is 0 Å². The Bertz CT molecular complexity index is 355. The van der Waals surface area contributed by atoms with Gasteiger partial charge in [0.05, 0.1) is 29.0 Å². The minimum absolute atomic E-state index is 0.461. The van der Waals surface area contributed by atoms with Crippen LogP contribution in [0.15, 0.2) is 10.7 Å². The number of likely N-dealkylation sites (N-methyl/N-ethyl adjacent to an activating group) is 1. The maximum atomic E-state index is 4.47. The predicted octanol–water partition coefficient (Wildman–Crippen LogP) is 2.02. The highest BCUT2D eigenvalue weighted by molar-refractivity contribution is 9.10. The van der Waals surface area contributed by atoms with Gasteiger partial charge in [0.2, 0.25) is 0 Å². The molecule has 0 saturated carbocycles. The van der Waals surface area contributed by atoms with Crippen LogP contribution in [-0.2, 0) is 6.54 Å². The van der Waals surface area contributed by atoms with Gasteiger partial charge in [-0.3, -0.25) is 4.68 Å². The molecule has 2 rings (SSSR count). The fraction of sp³-hybridized carbons (Fsp3) is 0.750. The first-order chi connectivity index (χ1) is 8.18. The lowest BCUT2D eigenvalue weighted by molar-refractivity contribution is 0.347. The van der Waals surface area contributed by atoms with Crippen molar-refractivity contribution >= 4 is 15.9 Å². The van der Waals surface area contributed by atoms with E-state index in [-0.39, 0.29) is 0 Å². The van der Waals surface area contributed by atoms with Crippen molar-refractivity contribution < 1.29 is 0 Å². The van der Waals surface area contributed by atoms with E-state index in [1.165, 1.54) is 25.0 Å². The molecule has 96 valence electrons. The minimum atomic E-state index is 0.461. The van der Waals surface area contributed by atoms with Gasteiger partial charge in [0.25, 0.3) is 0 Å². The summed E-state index contributed by atoms with van der Waals surface area (Å²) in [4.78, 5) is 2.19. The molecule has 1 saturated heterocycles. The number of piperidine rings is 1. The molecule has 0 bridgehead atoms. The summed E-state index contributed by atoms with van der Waals surface area (Å²) in [7, 11) is 4.19. The van der Waals surface area contributed by atoms with Gasteiger partial charge in [0.15, 0.2) is 0 Å². The maximum Gasteiger partial charge on any atom is 0.0696 e. The van der Waals surface area contributed by atoms with Crippen LogP contribution >= 0.6 is 15.9 Å². The van der Waals surface area contributed by atoms with E-state index >= 15 is 0 Å². The summed E-state index contributed by atoms with van der Waals surface area (Å²) >= 11 is 3.62. The Morgan fingerprint density at radius 3 is 3.00 bits per heavy atom. The number of nitrogens with zero attached hydrogens (tertiary/aromatic N) is 3. The van der Waals surface area contributed by atoms with Crippen LogP contribution in [0.5, 0.6) is 0 Å². The molecule has 0 radical (unpaired) electrons. The number of aromatic nitrogens is 2. The molecule has 1 fully saturated rings. The molecule has 1 N–H and O–H groups in total. The van der Waals surface area contributed by atoms with Gasteiger partial charge in [0, 0.05) is 6.54 Å². The zero-order chi connectivity index (χ0) is 12.3. The van der Waals surface area contributed by atoms with Crippen LogP contribution in [0.2, 0.25) is 0 Å². The average Bonchev–Trinajstić information content (AvgIpc) is 2.69. The standard InChI is InChI=1S/C12H21BrN4/c1-16(2)7-8-17-12(10(13)9-15-17)11-5-3-4-6-14-11/h9,11,14H,3-8H2,1-2H3. The van der Waals surface area contributed by atoms with Gasteiger partial charge >= 0.3 is 0 Å². The zero-order valence-electron chi connectivity index (χ0n) is 10.6. The van der Waals surface area contributed by atoms with Gasteiger partial charge in [-0.1, -0.05) is 6.42 Å². The van der Waals surface area contributed by atoms with Crippen LogP contribution in [0.1, 0.15) is 31.0 Å². The molecule has 1 aromatic rings. The van der Waals surface area contributed by atoms with E-state index in [0.29, 0.717) is 6.04 Å². The third-order valence-corrected chi connectivity index (χ3v) is 3.84. The molecule has 1 aliphatic rings. The third-order valence-electron chi connectivity index (χ3n) is 3.23. The Kier molecular flexibility index (Phi) is 4.59. The molecule has 1 atom stereocenters. The molecule has 1 unspecified atom stereocenters. The lowest BCUT2D eigenvalue weighted by atomic mass is 10.0. The van der Waals surface area contributed by atoms with Gasteiger partial charge in [-0.15, -0.1) is 0 Å². The van der Waals surface area contributed by atoms with Crippen LogP contribution < -0.4 is 5.32 Å². The Hall–Kier alpha value is -0.390. The zero-order valence-corrected chi connectivity index (χ0v) is 12.2. The van der Waals surface area contributed by atoms with Gasteiger partial charge in [-0.05, 0) is 49.4 Å². The summed E-state index contributed by atoms with van der Waals surface area (Å²) in [6.07, 6.45) is 5.73. The summed E-state index contributed by atoms with van der Waals surface area (Å²) in [6, 6.07) is 0.461. The highest BCUT2D eigenvalue weighted by Crippen LogP contribution is 2.28. The fourth-order valence-electron chi connectivity index (χ4n) is 2.28. The van der Waals surface area contributed by atoms with Crippen molar-refractivity contribution in [2.45, 2.75) is 31.8 Å². The smallest absolute Gasteiger partial charge is 0.0696 e. The molecule has 1 aromatic heterocycles. The maximum absolute atomic E-state index is 4.47. The number of nitrogens with one attached hydrogen (secondary N) is 1. The number of hydrogen-bond acceptors (Lipinski definition) is 3. The third kappa shape index (κ3) is 3.30. The first-order valence-electron chi connectivity index (χ1n) is 6.28. The van der Waals surface area contributed by atoms with E-state index in [1.807, 2.05) is 6.20 Å². The lowest BCUT2D eigenvalue weighted by Gasteiger charge is -2.25. The van der Waals surface area contributed by atoms with Gasteiger partial charge in [-0.25, -0.2) is 0 Å². The molecule has 1 aliphatic heterocycles. The average molecular weight is 301 g/mol. The van der Waals surface area contributed by atoms with Gasteiger partial charge in [-0.2, -0.15) is 5.10 Å². The topological polar surface area (TPSA) is 33.1 Å². The second-order valence-electron chi connectivity index (χ2n) is 4.91. The Morgan fingerprint density at radius 2 is 2.35 bits per heavy atom. The number of halogens is 1. The molecule has 0 aromatic carbocycles. The molecule has 0 spiro atoms. The summed E-state index contributed by atoms with van der Waals surface area (Å²) in [5, 5.41) is 8.05. The summed E-state index contributed by atoms with van der Waals surface area (Å²) < 4.78 is 3.27. The van der Waals surface area contributed by atoms with Crippen molar-refractivity contribution in [2.24, 2.45) is 0 Å². The second kappa shape index (κ2) is 5.98. The monoisotopic (exact) mass is 300 g/mol. The van der Waals surface area contributed by atoms with Crippen LogP contribution in [0, 0.1) is 0 Å².